The van der Waals surface area contributed by atoms with Gasteiger partial charge in [0.05, 0.1) is 0 Å². The molecule has 0 amide bonds. The van der Waals surface area contributed by atoms with E-state index in [0.717, 1.165) is 6.42 Å². The average molecular weight is 303 g/mol. The van der Waals surface area contributed by atoms with Crippen LogP contribution in [0, 0.1) is 25.3 Å². The van der Waals surface area contributed by atoms with E-state index in [2.05, 4.69) is 78.8 Å². The Morgan fingerprint density at radius 3 is 2.26 bits per heavy atom. The summed E-state index contributed by atoms with van der Waals surface area (Å²) in [7, 11) is 0. The highest BCUT2D eigenvalue weighted by atomic mass is 14.4. The fourth-order valence-corrected chi connectivity index (χ4v) is 4.06. The van der Waals surface area contributed by atoms with Crippen molar-refractivity contribution in [2.75, 3.05) is 0 Å². The van der Waals surface area contributed by atoms with Crippen LogP contribution in [0.1, 0.15) is 57.7 Å². The van der Waals surface area contributed by atoms with Gasteiger partial charge in [-0.1, -0.05) is 49.3 Å². The first-order valence-corrected chi connectivity index (χ1v) is 8.54. The highest BCUT2D eigenvalue weighted by molar-refractivity contribution is 5.88. The van der Waals surface area contributed by atoms with Gasteiger partial charge in [0.25, 0.3) is 0 Å². The molecular formula is C23H27. The molecule has 119 valence electrons. The van der Waals surface area contributed by atoms with Crippen LogP contribution in [-0.4, -0.2) is 0 Å². The van der Waals surface area contributed by atoms with Crippen LogP contribution in [-0.2, 0) is 0 Å². The number of allylic oxidation sites excluding steroid dienone is 8. The fourth-order valence-electron chi connectivity index (χ4n) is 4.06. The molecule has 0 unspecified atom stereocenters. The van der Waals surface area contributed by atoms with Crippen molar-refractivity contribution in [2.45, 2.75) is 54.9 Å². The van der Waals surface area contributed by atoms with Gasteiger partial charge in [0.15, 0.2) is 0 Å². The Bertz CT molecular complexity index is 804. The van der Waals surface area contributed by atoms with Crippen LogP contribution >= 0.6 is 0 Å². The molecular weight excluding hydrogens is 276 g/mol. The van der Waals surface area contributed by atoms with Gasteiger partial charge >= 0.3 is 0 Å². The Hall–Kier alpha value is -1.82. The minimum Gasteiger partial charge on any atom is -0.0719 e. The lowest BCUT2D eigenvalue weighted by Gasteiger charge is -2.28. The topological polar surface area (TPSA) is 0 Å². The third-order valence-electron chi connectivity index (χ3n) is 5.85. The van der Waals surface area contributed by atoms with Crippen LogP contribution in [0.15, 0.2) is 52.1 Å². The Kier molecular flexibility index (Phi) is 3.75. The maximum atomic E-state index is 3.63. The molecule has 3 rings (SSSR count). The molecule has 0 aliphatic heterocycles. The summed E-state index contributed by atoms with van der Waals surface area (Å²) >= 11 is 0. The van der Waals surface area contributed by atoms with E-state index in [1.165, 1.54) is 50.1 Å². The lowest BCUT2D eigenvalue weighted by molar-refractivity contribution is 0.557. The highest BCUT2D eigenvalue weighted by Crippen LogP contribution is 2.53. The summed E-state index contributed by atoms with van der Waals surface area (Å²) in [6.07, 6.45) is 6.91. The first-order chi connectivity index (χ1) is 10.7. The number of benzene rings is 1. The molecule has 1 aromatic carbocycles. The first kappa shape index (κ1) is 16.1. The molecule has 0 saturated carbocycles. The van der Waals surface area contributed by atoms with Crippen LogP contribution in [0.25, 0.3) is 5.57 Å². The second-order valence-electron chi connectivity index (χ2n) is 7.57. The smallest absolute Gasteiger partial charge is 0.0117 e. The fraction of sp³-hybridized carbons (Fsp3) is 0.391. The van der Waals surface area contributed by atoms with Crippen molar-refractivity contribution >= 4 is 5.57 Å². The lowest BCUT2D eigenvalue weighted by atomic mass is 9.75. The molecule has 0 atom stereocenters. The zero-order chi connectivity index (χ0) is 16.9. The average Bonchev–Trinajstić information content (AvgIpc) is 3.01. The normalized spacial score (nSPS) is 20.3. The van der Waals surface area contributed by atoms with Gasteiger partial charge in [0.2, 0.25) is 0 Å². The number of rotatable bonds is 2. The quantitative estimate of drug-likeness (QED) is 0.584. The molecule has 0 N–H and O–H groups in total. The molecule has 0 aromatic heterocycles. The number of aryl methyl sites for hydroxylation is 2. The van der Waals surface area contributed by atoms with Crippen molar-refractivity contribution in [3.63, 3.8) is 0 Å². The lowest BCUT2D eigenvalue weighted by Crippen LogP contribution is -2.15. The molecule has 0 fully saturated rings. The van der Waals surface area contributed by atoms with E-state index < -0.39 is 0 Å². The van der Waals surface area contributed by atoms with Crippen molar-refractivity contribution in [1.29, 1.82) is 0 Å². The molecule has 0 saturated heterocycles. The van der Waals surface area contributed by atoms with Gasteiger partial charge < -0.3 is 0 Å². The Morgan fingerprint density at radius 1 is 0.957 bits per heavy atom. The van der Waals surface area contributed by atoms with Crippen LogP contribution in [0.5, 0.6) is 0 Å². The van der Waals surface area contributed by atoms with E-state index in [4.69, 9.17) is 0 Å². The van der Waals surface area contributed by atoms with Crippen molar-refractivity contribution in [3.05, 3.63) is 74.9 Å². The zero-order valence-electron chi connectivity index (χ0n) is 15.5. The Morgan fingerprint density at radius 2 is 1.65 bits per heavy atom. The van der Waals surface area contributed by atoms with Crippen LogP contribution < -0.4 is 0 Å². The SMILES string of the molecule is CC1=C(C)C(C)(C)C(C2=CC[C]=C2c2cc(C)ccc2C)=C1C. The van der Waals surface area contributed by atoms with E-state index in [1.807, 2.05) is 0 Å². The summed E-state index contributed by atoms with van der Waals surface area (Å²) in [6.45, 7) is 15.9. The summed E-state index contributed by atoms with van der Waals surface area (Å²) in [5, 5.41) is 0. The molecule has 0 nitrogen and oxygen atoms in total. The summed E-state index contributed by atoms with van der Waals surface area (Å²) in [4.78, 5) is 0. The monoisotopic (exact) mass is 303 g/mol. The molecule has 2 aliphatic carbocycles. The Labute approximate surface area is 141 Å². The van der Waals surface area contributed by atoms with Gasteiger partial charge in [-0.15, -0.1) is 0 Å². The zero-order valence-corrected chi connectivity index (χ0v) is 15.5. The van der Waals surface area contributed by atoms with Crippen molar-refractivity contribution < 1.29 is 0 Å². The van der Waals surface area contributed by atoms with Gasteiger partial charge in [0.1, 0.15) is 0 Å². The summed E-state index contributed by atoms with van der Waals surface area (Å²) in [5.74, 6) is 0. The predicted octanol–water partition coefficient (Wildman–Crippen LogP) is 6.51. The van der Waals surface area contributed by atoms with E-state index in [9.17, 15) is 0 Å². The third kappa shape index (κ3) is 2.36. The standard InChI is InChI=1S/C23H27/c1-14-11-12-15(2)21(13-14)19-9-8-10-20(19)22-17(4)16(3)18(5)23(22,6)7/h10-13H,8H2,1-7H3. The maximum Gasteiger partial charge on any atom is 0.0117 e. The summed E-state index contributed by atoms with van der Waals surface area (Å²) in [5.41, 5.74) is 12.7. The van der Waals surface area contributed by atoms with Crippen molar-refractivity contribution in [2.24, 2.45) is 5.41 Å². The number of hydrogen-bond acceptors (Lipinski definition) is 0. The van der Waals surface area contributed by atoms with Gasteiger partial charge in [-0.2, -0.15) is 0 Å². The van der Waals surface area contributed by atoms with E-state index >= 15 is 0 Å². The molecule has 0 bridgehead atoms. The molecule has 0 heterocycles. The molecule has 0 spiro atoms. The third-order valence-corrected chi connectivity index (χ3v) is 5.85. The second-order valence-corrected chi connectivity index (χ2v) is 7.57. The van der Waals surface area contributed by atoms with E-state index in [1.54, 1.807) is 0 Å². The highest BCUT2D eigenvalue weighted by Gasteiger charge is 2.37. The maximum absolute atomic E-state index is 3.63. The molecule has 2 aliphatic rings. The van der Waals surface area contributed by atoms with Gasteiger partial charge in [-0.3, -0.25) is 0 Å². The number of hydrogen-bond donors (Lipinski definition) is 0. The van der Waals surface area contributed by atoms with Gasteiger partial charge in [0, 0.05) is 5.41 Å². The van der Waals surface area contributed by atoms with Gasteiger partial charge in [-0.05, 0) is 86.1 Å². The minimum atomic E-state index is 0.106. The predicted molar refractivity (Wildman–Crippen MR) is 100 cm³/mol. The van der Waals surface area contributed by atoms with Crippen LogP contribution in [0.4, 0.5) is 0 Å². The summed E-state index contributed by atoms with van der Waals surface area (Å²) < 4.78 is 0. The molecule has 1 aromatic rings. The largest absolute Gasteiger partial charge is 0.0719 e. The van der Waals surface area contributed by atoms with Crippen molar-refractivity contribution in [1.82, 2.24) is 0 Å². The molecule has 1 radical (unpaired) electrons. The van der Waals surface area contributed by atoms with Crippen LogP contribution in [0.3, 0.4) is 0 Å². The Balaban J connectivity index is 2.13. The summed E-state index contributed by atoms with van der Waals surface area (Å²) in [6, 6.07) is 6.73. The van der Waals surface area contributed by atoms with Crippen molar-refractivity contribution in [3.8, 4) is 0 Å². The molecule has 23 heavy (non-hydrogen) atoms. The van der Waals surface area contributed by atoms with Crippen LogP contribution in [0.2, 0.25) is 0 Å². The van der Waals surface area contributed by atoms with Gasteiger partial charge in [-0.25, -0.2) is 0 Å². The second kappa shape index (κ2) is 5.37. The van der Waals surface area contributed by atoms with E-state index in [0.29, 0.717) is 0 Å². The van der Waals surface area contributed by atoms with E-state index in [-0.39, 0.29) is 5.41 Å². The minimum absolute atomic E-state index is 0.106. The molecule has 0 heteroatoms. The first-order valence-electron chi connectivity index (χ1n) is 8.54.